The van der Waals surface area contributed by atoms with Crippen molar-refractivity contribution in [1.29, 1.82) is 0 Å². The quantitative estimate of drug-likeness (QED) is 0.832. The lowest BCUT2D eigenvalue weighted by atomic mass is 10.1. The fourth-order valence-corrected chi connectivity index (χ4v) is 3.70. The molecule has 3 rings (SSSR count). The summed E-state index contributed by atoms with van der Waals surface area (Å²) < 4.78 is 30.1. The first kappa shape index (κ1) is 16.9. The van der Waals surface area contributed by atoms with Crippen LogP contribution in [0.15, 0.2) is 71.1 Å². The molecule has 25 heavy (non-hydrogen) atoms. The van der Waals surface area contributed by atoms with Crippen molar-refractivity contribution in [2.24, 2.45) is 4.40 Å². The SMILES string of the molecule is CN(C)C(=O)N1C(c2ccccc2)=CC(c2ccccc2)=NS1(=O)=O. The average molecular weight is 355 g/mol. The highest BCUT2D eigenvalue weighted by Crippen LogP contribution is 2.29. The first-order chi connectivity index (χ1) is 11.9. The van der Waals surface area contributed by atoms with Gasteiger partial charge in [0.05, 0.1) is 11.4 Å². The van der Waals surface area contributed by atoms with E-state index < -0.39 is 16.2 Å². The van der Waals surface area contributed by atoms with E-state index >= 15 is 0 Å². The van der Waals surface area contributed by atoms with Crippen molar-refractivity contribution in [1.82, 2.24) is 9.21 Å². The number of carbonyl (C=O) groups excluding carboxylic acids is 1. The topological polar surface area (TPSA) is 70.1 Å². The molecule has 128 valence electrons. The highest BCUT2D eigenvalue weighted by Gasteiger charge is 2.36. The Kier molecular flexibility index (Phi) is 4.41. The Morgan fingerprint density at radius 3 is 1.96 bits per heavy atom. The smallest absolute Gasteiger partial charge is 0.330 e. The van der Waals surface area contributed by atoms with Gasteiger partial charge in [0.25, 0.3) is 0 Å². The molecule has 0 fully saturated rings. The Labute approximate surface area is 146 Å². The summed E-state index contributed by atoms with van der Waals surface area (Å²) in [5, 5.41) is 0. The summed E-state index contributed by atoms with van der Waals surface area (Å²) in [6.45, 7) is 0. The van der Waals surface area contributed by atoms with Crippen molar-refractivity contribution in [3.05, 3.63) is 77.9 Å². The van der Waals surface area contributed by atoms with Crippen molar-refractivity contribution in [2.45, 2.75) is 0 Å². The van der Waals surface area contributed by atoms with E-state index in [1.54, 1.807) is 54.6 Å². The van der Waals surface area contributed by atoms with Gasteiger partial charge < -0.3 is 4.90 Å². The number of hydrogen-bond acceptors (Lipinski definition) is 3. The molecule has 0 spiro atoms. The molecule has 0 radical (unpaired) electrons. The maximum Gasteiger partial charge on any atom is 0.353 e. The summed E-state index contributed by atoms with van der Waals surface area (Å²) in [6.07, 6.45) is 1.62. The van der Waals surface area contributed by atoms with Crippen molar-refractivity contribution in [3.8, 4) is 0 Å². The Bertz CT molecular complexity index is 950. The second kappa shape index (κ2) is 6.52. The lowest BCUT2D eigenvalue weighted by Gasteiger charge is -2.28. The summed E-state index contributed by atoms with van der Waals surface area (Å²) >= 11 is 0. The number of allylic oxidation sites excluding steroid dienone is 1. The molecule has 0 aromatic heterocycles. The van der Waals surface area contributed by atoms with Crippen molar-refractivity contribution < 1.29 is 13.2 Å². The third-order valence-corrected chi connectivity index (χ3v) is 4.87. The van der Waals surface area contributed by atoms with E-state index in [4.69, 9.17) is 0 Å². The van der Waals surface area contributed by atoms with E-state index in [-0.39, 0.29) is 5.70 Å². The molecular formula is C18H17N3O3S. The molecule has 0 unspecified atom stereocenters. The molecule has 0 saturated carbocycles. The van der Waals surface area contributed by atoms with Crippen LogP contribution in [0.2, 0.25) is 0 Å². The van der Waals surface area contributed by atoms with Crippen LogP contribution in [0, 0.1) is 0 Å². The molecule has 2 amide bonds. The van der Waals surface area contributed by atoms with Crippen molar-refractivity contribution in [2.75, 3.05) is 14.1 Å². The number of hydrogen-bond donors (Lipinski definition) is 0. The molecule has 0 aliphatic carbocycles. The van der Waals surface area contributed by atoms with Crippen LogP contribution in [-0.4, -0.2) is 43.5 Å². The number of benzene rings is 2. The van der Waals surface area contributed by atoms with Gasteiger partial charge in [0.15, 0.2) is 0 Å². The summed E-state index contributed by atoms with van der Waals surface area (Å²) in [5.41, 5.74) is 1.84. The number of urea groups is 1. The van der Waals surface area contributed by atoms with Crippen LogP contribution in [0.3, 0.4) is 0 Å². The predicted molar refractivity (Wildman–Crippen MR) is 97.2 cm³/mol. The maximum absolute atomic E-state index is 12.7. The normalized spacial score (nSPS) is 16.0. The highest BCUT2D eigenvalue weighted by molar-refractivity contribution is 7.89. The molecular weight excluding hydrogens is 338 g/mol. The second-order valence-electron chi connectivity index (χ2n) is 5.66. The molecule has 1 heterocycles. The van der Waals surface area contributed by atoms with Crippen LogP contribution in [0.1, 0.15) is 11.1 Å². The molecule has 2 aromatic carbocycles. The molecule has 7 heteroatoms. The number of carbonyl (C=O) groups is 1. The molecule has 6 nitrogen and oxygen atoms in total. The fraction of sp³-hybridized carbons (Fsp3) is 0.111. The van der Waals surface area contributed by atoms with Gasteiger partial charge in [-0.25, -0.2) is 4.79 Å². The molecule has 0 atom stereocenters. The first-order valence-electron chi connectivity index (χ1n) is 7.59. The zero-order valence-electron chi connectivity index (χ0n) is 13.8. The zero-order valence-corrected chi connectivity index (χ0v) is 14.6. The van der Waals surface area contributed by atoms with Gasteiger partial charge in [-0.15, -0.1) is 4.40 Å². The predicted octanol–water partition coefficient (Wildman–Crippen LogP) is 2.76. The van der Waals surface area contributed by atoms with Gasteiger partial charge in [0, 0.05) is 19.7 Å². The molecule has 2 aromatic rings. The van der Waals surface area contributed by atoms with E-state index in [0.717, 1.165) is 4.31 Å². The van der Waals surface area contributed by atoms with Crippen LogP contribution < -0.4 is 0 Å². The third kappa shape index (κ3) is 3.32. The number of amides is 2. The molecule has 0 saturated heterocycles. The molecule has 0 bridgehead atoms. The minimum atomic E-state index is -4.20. The minimum absolute atomic E-state index is 0.271. The average Bonchev–Trinajstić information content (AvgIpc) is 2.61. The Morgan fingerprint density at radius 2 is 1.44 bits per heavy atom. The van der Waals surface area contributed by atoms with E-state index in [1.807, 2.05) is 12.1 Å². The van der Waals surface area contributed by atoms with Gasteiger partial charge in [-0.1, -0.05) is 60.7 Å². The zero-order chi connectivity index (χ0) is 18.0. The first-order valence-corrected chi connectivity index (χ1v) is 8.99. The minimum Gasteiger partial charge on any atom is -0.330 e. The van der Waals surface area contributed by atoms with E-state index in [1.165, 1.54) is 19.0 Å². The standard InChI is InChI=1S/C18H17N3O3S/c1-20(2)18(22)21-17(15-11-7-4-8-12-15)13-16(19-25(21,23)24)14-9-5-3-6-10-14/h3-13H,1-2H3. The molecule has 0 N–H and O–H groups in total. The van der Waals surface area contributed by atoms with Gasteiger partial charge in [-0.05, 0) is 11.6 Å². The van der Waals surface area contributed by atoms with Crippen LogP contribution >= 0.6 is 0 Å². The second-order valence-corrected chi connectivity index (χ2v) is 7.10. The van der Waals surface area contributed by atoms with Gasteiger partial charge in [0.1, 0.15) is 0 Å². The number of rotatable bonds is 2. The summed E-state index contributed by atoms with van der Waals surface area (Å²) in [5.74, 6) is 0. The highest BCUT2D eigenvalue weighted by atomic mass is 32.2. The Morgan fingerprint density at radius 1 is 0.920 bits per heavy atom. The number of nitrogens with zero attached hydrogens (tertiary/aromatic N) is 3. The summed E-state index contributed by atoms with van der Waals surface area (Å²) in [4.78, 5) is 13.7. The van der Waals surface area contributed by atoms with Crippen LogP contribution in [0.5, 0.6) is 0 Å². The summed E-state index contributed by atoms with van der Waals surface area (Å²) in [6, 6.07) is 17.2. The third-order valence-electron chi connectivity index (χ3n) is 3.63. The van der Waals surface area contributed by atoms with Crippen LogP contribution in [-0.2, 0) is 10.2 Å². The van der Waals surface area contributed by atoms with Gasteiger partial charge in [-0.3, -0.25) is 0 Å². The monoisotopic (exact) mass is 355 g/mol. The largest absolute Gasteiger partial charge is 0.353 e. The summed E-state index contributed by atoms with van der Waals surface area (Å²) in [7, 11) is -1.21. The lowest BCUT2D eigenvalue weighted by Crippen LogP contribution is -2.43. The van der Waals surface area contributed by atoms with Gasteiger partial charge in [0.2, 0.25) is 0 Å². The van der Waals surface area contributed by atoms with Gasteiger partial charge >= 0.3 is 16.2 Å². The van der Waals surface area contributed by atoms with E-state index in [0.29, 0.717) is 16.8 Å². The van der Waals surface area contributed by atoms with E-state index in [2.05, 4.69) is 4.40 Å². The van der Waals surface area contributed by atoms with Crippen LogP contribution in [0.25, 0.3) is 5.70 Å². The molecule has 1 aliphatic rings. The fourth-order valence-electron chi connectivity index (χ4n) is 2.44. The lowest BCUT2D eigenvalue weighted by molar-refractivity contribution is 0.208. The molecule has 1 aliphatic heterocycles. The Hall–Kier alpha value is -2.93. The van der Waals surface area contributed by atoms with Crippen molar-refractivity contribution >= 4 is 27.6 Å². The van der Waals surface area contributed by atoms with Crippen LogP contribution in [0.4, 0.5) is 4.79 Å². The van der Waals surface area contributed by atoms with Gasteiger partial charge in [-0.2, -0.15) is 12.7 Å². The maximum atomic E-state index is 12.7. The Balaban J connectivity index is 2.21. The van der Waals surface area contributed by atoms with Crippen molar-refractivity contribution in [3.63, 3.8) is 0 Å². The van der Waals surface area contributed by atoms with E-state index in [9.17, 15) is 13.2 Å².